The minimum absolute atomic E-state index is 0.296. The summed E-state index contributed by atoms with van der Waals surface area (Å²) in [4.78, 5) is 36.0. The Morgan fingerprint density at radius 1 is 0.875 bits per heavy atom. The number of carbonyl (C=O) groups is 3. The molecule has 10 nitrogen and oxygen atoms in total. The van der Waals surface area contributed by atoms with E-state index in [9.17, 15) is 14.4 Å². The monoisotopic (exact) mass is 440 g/mol. The van der Waals surface area contributed by atoms with Crippen molar-refractivity contribution in [2.24, 2.45) is 0 Å². The Morgan fingerprint density at radius 3 is 2.19 bits per heavy atom. The summed E-state index contributed by atoms with van der Waals surface area (Å²) in [6.07, 6.45) is 0. The first-order valence-electron chi connectivity index (χ1n) is 9.85. The highest BCUT2D eigenvalue weighted by molar-refractivity contribution is 5.97. The Hall–Kier alpha value is -4.26. The zero-order valence-electron chi connectivity index (χ0n) is 17.8. The molecule has 0 radical (unpaired) electrons. The molecule has 0 aliphatic rings. The summed E-state index contributed by atoms with van der Waals surface area (Å²) in [6, 6.07) is 12.9. The van der Waals surface area contributed by atoms with Crippen molar-refractivity contribution in [2.45, 2.75) is 13.8 Å². The first-order chi connectivity index (χ1) is 15.5. The van der Waals surface area contributed by atoms with Gasteiger partial charge in [0.2, 0.25) is 0 Å². The van der Waals surface area contributed by atoms with Gasteiger partial charge in [-0.2, -0.15) is 5.26 Å². The van der Waals surface area contributed by atoms with Crippen molar-refractivity contribution >= 4 is 17.7 Å². The number of hydrogen-bond acceptors (Lipinski definition) is 7. The highest BCUT2D eigenvalue weighted by Gasteiger charge is 2.13. The van der Waals surface area contributed by atoms with Crippen molar-refractivity contribution in [1.29, 1.82) is 5.26 Å². The van der Waals surface area contributed by atoms with Crippen LogP contribution in [0.3, 0.4) is 0 Å². The van der Waals surface area contributed by atoms with Crippen LogP contribution in [0, 0.1) is 11.3 Å². The van der Waals surface area contributed by atoms with Gasteiger partial charge in [0.1, 0.15) is 5.75 Å². The van der Waals surface area contributed by atoms with Crippen molar-refractivity contribution in [2.75, 3.05) is 26.4 Å². The van der Waals surface area contributed by atoms with Crippen LogP contribution in [0.4, 0.5) is 0 Å². The molecule has 10 heteroatoms. The maximum absolute atomic E-state index is 12.3. The summed E-state index contributed by atoms with van der Waals surface area (Å²) in [5, 5.41) is 11.2. The maximum atomic E-state index is 12.3. The third-order valence-electron chi connectivity index (χ3n) is 3.91. The molecule has 0 unspecified atom stereocenters. The summed E-state index contributed by atoms with van der Waals surface area (Å²) in [5.74, 6) is -0.349. The molecule has 0 fully saturated rings. The zero-order chi connectivity index (χ0) is 23.3. The van der Waals surface area contributed by atoms with Crippen LogP contribution in [-0.4, -0.2) is 44.1 Å². The lowest BCUT2D eigenvalue weighted by atomic mass is 10.2. The number of amides is 3. The number of nitrogens with zero attached hydrogens (tertiary/aromatic N) is 1. The van der Waals surface area contributed by atoms with Gasteiger partial charge >= 0.3 is 0 Å². The van der Waals surface area contributed by atoms with Crippen LogP contribution in [0.5, 0.6) is 17.2 Å². The molecule has 0 aliphatic carbocycles. The van der Waals surface area contributed by atoms with E-state index in [1.54, 1.807) is 36.4 Å². The fourth-order valence-electron chi connectivity index (χ4n) is 2.45. The van der Waals surface area contributed by atoms with Crippen LogP contribution >= 0.6 is 0 Å². The highest BCUT2D eigenvalue weighted by atomic mass is 16.5. The number of benzene rings is 2. The van der Waals surface area contributed by atoms with E-state index in [0.717, 1.165) is 0 Å². The van der Waals surface area contributed by atoms with Gasteiger partial charge in [0.25, 0.3) is 17.7 Å². The Morgan fingerprint density at radius 2 is 1.53 bits per heavy atom. The van der Waals surface area contributed by atoms with Crippen molar-refractivity contribution in [1.82, 2.24) is 16.2 Å². The van der Waals surface area contributed by atoms with Crippen molar-refractivity contribution in [3.8, 4) is 23.3 Å². The summed E-state index contributed by atoms with van der Waals surface area (Å²) in [5.41, 5.74) is 5.13. The molecule has 0 atom stereocenters. The molecule has 3 N–H and O–H groups in total. The van der Waals surface area contributed by atoms with E-state index in [0.29, 0.717) is 41.6 Å². The van der Waals surface area contributed by atoms with E-state index in [2.05, 4.69) is 16.2 Å². The number of nitriles is 1. The number of nitrogens with one attached hydrogen (secondary N) is 3. The van der Waals surface area contributed by atoms with Gasteiger partial charge in [0, 0.05) is 5.56 Å². The van der Waals surface area contributed by atoms with Crippen LogP contribution in [0.1, 0.15) is 29.8 Å². The topological polar surface area (TPSA) is 139 Å². The van der Waals surface area contributed by atoms with Gasteiger partial charge in [-0.3, -0.25) is 25.2 Å². The second-order valence-corrected chi connectivity index (χ2v) is 6.23. The number of hydrogen-bond donors (Lipinski definition) is 3. The first-order valence-corrected chi connectivity index (χ1v) is 9.85. The van der Waals surface area contributed by atoms with E-state index in [4.69, 9.17) is 19.5 Å². The molecule has 2 rings (SSSR count). The molecule has 0 saturated carbocycles. The Labute approximate surface area is 185 Å². The van der Waals surface area contributed by atoms with E-state index in [1.807, 2.05) is 19.9 Å². The van der Waals surface area contributed by atoms with Gasteiger partial charge < -0.3 is 19.5 Å². The minimum Gasteiger partial charge on any atom is -0.490 e. The second kappa shape index (κ2) is 12.4. The van der Waals surface area contributed by atoms with E-state index in [-0.39, 0.29) is 13.2 Å². The van der Waals surface area contributed by atoms with E-state index in [1.165, 1.54) is 6.07 Å². The highest BCUT2D eigenvalue weighted by Crippen LogP contribution is 2.28. The van der Waals surface area contributed by atoms with Gasteiger partial charge in [-0.25, -0.2) is 0 Å². The molecule has 32 heavy (non-hydrogen) atoms. The molecule has 168 valence electrons. The maximum Gasteiger partial charge on any atom is 0.276 e. The third-order valence-corrected chi connectivity index (χ3v) is 3.91. The largest absolute Gasteiger partial charge is 0.490 e. The molecule has 2 aromatic carbocycles. The molecule has 0 aliphatic heterocycles. The fraction of sp³-hybridized carbons (Fsp3) is 0.273. The average molecular weight is 440 g/mol. The van der Waals surface area contributed by atoms with Crippen LogP contribution in [-0.2, 0) is 9.59 Å². The van der Waals surface area contributed by atoms with Crippen LogP contribution < -0.4 is 30.4 Å². The van der Waals surface area contributed by atoms with Crippen molar-refractivity contribution in [3.05, 3.63) is 53.6 Å². The van der Waals surface area contributed by atoms with Gasteiger partial charge in [-0.1, -0.05) is 0 Å². The summed E-state index contributed by atoms with van der Waals surface area (Å²) >= 11 is 0. The fourth-order valence-corrected chi connectivity index (χ4v) is 2.45. The van der Waals surface area contributed by atoms with Crippen LogP contribution in [0.25, 0.3) is 0 Å². The molecular weight excluding hydrogens is 416 g/mol. The second-order valence-electron chi connectivity index (χ2n) is 6.23. The van der Waals surface area contributed by atoms with Gasteiger partial charge in [0.15, 0.2) is 18.1 Å². The summed E-state index contributed by atoms with van der Waals surface area (Å²) < 4.78 is 16.2. The standard InChI is InChI=1S/C22H24N4O6/c1-3-30-18-10-7-16(11-19(18)31-4-2)22(29)24-13-20(27)25-26-21(28)14-32-17-8-5-15(12-23)6-9-17/h5-11H,3-4,13-14H2,1-2H3,(H,24,29)(H,25,27)(H,26,28). The predicted octanol–water partition coefficient (Wildman–Crippen LogP) is 1.31. The van der Waals surface area contributed by atoms with Gasteiger partial charge in [0.05, 0.1) is 31.4 Å². The number of ether oxygens (including phenoxy) is 3. The lowest BCUT2D eigenvalue weighted by Crippen LogP contribution is -2.47. The first kappa shape index (κ1) is 24.0. The number of rotatable bonds is 10. The number of hydrazine groups is 1. The number of carbonyl (C=O) groups excluding carboxylic acids is 3. The lowest BCUT2D eigenvalue weighted by Gasteiger charge is -2.12. The molecule has 0 heterocycles. The Balaban J connectivity index is 1.76. The van der Waals surface area contributed by atoms with Gasteiger partial charge in [-0.15, -0.1) is 0 Å². The molecule has 0 bridgehead atoms. The van der Waals surface area contributed by atoms with Crippen molar-refractivity contribution in [3.63, 3.8) is 0 Å². The van der Waals surface area contributed by atoms with Gasteiger partial charge in [-0.05, 0) is 56.3 Å². The summed E-state index contributed by atoms with van der Waals surface area (Å²) in [7, 11) is 0. The lowest BCUT2D eigenvalue weighted by molar-refractivity contribution is -0.129. The smallest absolute Gasteiger partial charge is 0.276 e. The Kier molecular flexibility index (Phi) is 9.33. The molecular formula is C22H24N4O6. The molecule has 3 amide bonds. The molecule has 0 aromatic heterocycles. The molecule has 0 spiro atoms. The van der Waals surface area contributed by atoms with E-state index < -0.39 is 17.7 Å². The molecule has 2 aromatic rings. The Bertz CT molecular complexity index is 985. The normalized spacial score (nSPS) is 9.78. The zero-order valence-corrected chi connectivity index (χ0v) is 17.8. The molecule has 0 saturated heterocycles. The quantitative estimate of drug-likeness (QED) is 0.474. The van der Waals surface area contributed by atoms with Crippen LogP contribution in [0.15, 0.2) is 42.5 Å². The summed E-state index contributed by atoms with van der Waals surface area (Å²) in [6.45, 7) is 3.82. The average Bonchev–Trinajstić information content (AvgIpc) is 2.81. The third kappa shape index (κ3) is 7.53. The van der Waals surface area contributed by atoms with Crippen molar-refractivity contribution < 1.29 is 28.6 Å². The minimum atomic E-state index is -0.624. The van der Waals surface area contributed by atoms with Crippen LogP contribution in [0.2, 0.25) is 0 Å². The van der Waals surface area contributed by atoms with E-state index >= 15 is 0 Å². The predicted molar refractivity (Wildman–Crippen MR) is 114 cm³/mol. The SMILES string of the molecule is CCOc1ccc(C(=O)NCC(=O)NNC(=O)COc2ccc(C#N)cc2)cc1OCC.